The molecule has 2 rings (SSSR count). The van der Waals surface area contributed by atoms with Crippen molar-refractivity contribution in [3.63, 3.8) is 0 Å². The van der Waals surface area contributed by atoms with E-state index in [1.807, 2.05) is 60.7 Å². The molecule has 0 fully saturated rings. The van der Waals surface area contributed by atoms with Crippen molar-refractivity contribution >= 4 is 17.7 Å². The SMILES string of the molecule is CC(C)c1ccccc1NC(=O)/C(C#N)=C/c1ccccc1. The van der Waals surface area contributed by atoms with Crippen molar-refractivity contribution in [2.45, 2.75) is 19.8 Å². The number of para-hydroxylation sites is 1. The van der Waals surface area contributed by atoms with Crippen LogP contribution >= 0.6 is 0 Å². The van der Waals surface area contributed by atoms with Gasteiger partial charge >= 0.3 is 0 Å². The molecule has 2 aromatic rings. The van der Waals surface area contributed by atoms with Gasteiger partial charge in [0.15, 0.2) is 0 Å². The smallest absolute Gasteiger partial charge is 0.266 e. The van der Waals surface area contributed by atoms with Crippen LogP contribution in [-0.2, 0) is 4.79 Å². The Morgan fingerprint density at radius 2 is 1.73 bits per heavy atom. The van der Waals surface area contributed by atoms with Gasteiger partial charge in [0.25, 0.3) is 5.91 Å². The summed E-state index contributed by atoms with van der Waals surface area (Å²) in [5.41, 5.74) is 2.71. The van der Waals surface area contributed by atoms with Crippen LogP contribution in [0.5, 0.6) is 0 Å². The minimum atomic E-state index is -0.389. The Kier molecular flexibility index (Phi) is 5.11. The van der Waals surface area contributed by atoms with Gasteiger partial charge in [0.2, 0.25) is 0 Å². The molecule has 0 heterocycles. The lowest BCUT2D eigenvalue weighted by Gasteiger charge is -2.13. The van der Waals surface area contributed by atoms with Crippen LogP contribution in [0.2, 0.25) is 0 Å². The van der Waals surface area contributed by atoms with E-state index < -0.39 is 0 Å². The highest BCUT2D eigenvalue weighted by atomic mass is 16.1. The van der Waals surface area contributed by atoms with Crippen molar-refractivity contribution in [1.29, 1.82) is 5.26 Å². The first-order chi connectivity index (χ1) is 10.6. The zero-order chi connectivity index (χ0) is 15.9. The summed E-state index contributed by atoms with van der Waals surface area (Å²) < 4.78 is 0. The summed E-state index contributed by atoms with van der Waals surface area (Å²) >= 11 is 0. The molecule has 110 valence electrons. The highest BCUT2D eigenvalue weighted by Gasteiger charge is 2.12. The molecule has 0 saturated heterocycles. The van der Waals surface area contributed by atoms with Gasteiger partial charge in [-0.05, 0) is 29.2 Å². The first kappa shape index (κ1) is 15.5. The molecule has 0 aliphatic heterocycles. The Morgan fingerprint density at radius 3 is 2.36 bits per heavy atom. The standard InChI is InChI=1S/C19H18N2O/c1-14(2)17-10-6-7-11-18(17)21-19(22)16(13-20)12-15-8-4-3-5-9-15/h3-12,14H,1-2H3,(H,21,22)/b16-12+. The van der Waals surface area contributed by atoms with E-state index in [0.717, 1.165) is 16.8 Å². The maximum Gasteiger partial charge on any atom is 0.266 e. The Hall–Kier alpha value is -2.86. The van der Waals surface area contributed by atoms with Gasteiger partial charge in [0.05, 0.1) is 0 Å². The van der Waals surface area contributed by atoms with Gasteiger partial charge in [-0.1, -0.05) is 62.4 Å². The Morgan fingerprint density at radius 1 is 1.09 bits per heavy atom. The summed E-state index contributed by atoms with van der Waals surface area (Å²) in [5.74, 6) is -0.0976. The minimum absolute atomic E-state index is 0.0877. The third kappa shape index (κ3) is 3.83. The fourth-order valence-corrected chi connectivity index (χ4v) is 2.17. The number of benzene rings is 2. The molecule has 3 heteroatoms. The molecule has 0 spiro atoms. The Bertz CT molecular complexity index is 725. The van der Waals surface area contributed by atoms with E-state index >= 15 is 0 Å². The predicted octanol–water partition coefficient (Wildman–Crippen LogP) is 4.36. The van der Waals surface area contributed by atoms with Crippen LogP contribution in [0.3, 0.4) is 0 Å². The number of hydrogen-bond donors (Lipinski definition) is 1. The zero-order valence-electron chi connectivity index (χ0n) is 12.7. The van der Waals surface area contributed by atoms with E-state index in [4.69, 9.17) is 0 Å². The summed E-state index contributed by atoms with van der Waals surface area (Å²) in [4.78, 5) is 12.3. The van der Waals surface area contributed by atoms with E-state index in [2.05, 4.69) is 19.2 Å². The fraction of sp³-hybridized carbons (Fsp3) is 0.158. The molecular weight excluding hydrogens is 272 g/mol. The number of carbonyl (C=O) groups is 1. The van der Waals surface area contributed by atoms with Crippen LogP contribution < -0.4 is 5.32 Å². The zero-order valence-corrected chi connectivity index (χ0v) is 12.7. The molecule has 2 aromatic carbocycles. The Balaban J connectivity index is 2.25. The number of anilines is 1. The third-order valence-corrected chi connectivity index (χ3v) is 3.31. The number of nitriles is 1. The van der Waals surface area contributed by atoms with E-state index in [1.165, 1.54) is 0 Å². The molecule has 22 heavy (non-hydrogen) atoms. The topological polar surface area (TPSA) is 52.9 Å². The number of hydrogen-bond acceptors (Lipinski definition) is 2. The van der Waals surface area contributed by atoms with Gasteiger partial charge in [0, 0.05) is 5.69 Å². The maximum absolute atomic E-state index is 12.3. The van der Waals surface area contributed by atoms with Crippen molar-refractivity contribution in [1.82, 2.24) is 0 Å². The fourth-order valence-electron chi connectivity index (χ4n) is 2.17. The van der Waals surface area contributed by atoms with Crippen LogP contribution in [0, 0.1) is 11.3 Å². The number of nitrogens with zero attached hydrogens (tertiary/aromatic N) is 1. The molecule has 0 bridgehead atoms. The average molecular weight is 290 g/mol. The average Bonchev–Trinajstić information content (AvgIpc) is 2.53. The van der Waals surface area contributed by atoms with Crippen LogP contribution in [0.15, 0.2) is 60.2 Å². The molecule has 0 unspecified atom stereocenters. The molecular formula is C19H18N2O. The minimum Gasteiger partial charge on any atom is -0.321 e. The summed E-state index contributed by atoms with van der Waals surface area (Å²) in [7, 11) is 0. The molecule has 0 aliphatic rings. The maximum atomic E-state index is 12.3. The highest BCUT2D eigenvalue weighted by Crippen LogP contribution is 2.24. The largest absolute Gasteiger partial charge is 0.321 e. The van der Waals surface area contributed by atoms with Crippen molar-refractivity contribution in [2.24, 2.45) is 0 Å². The molecule has 3 nitrogen and oxygen atoms in total. The van der Waals surface area contributed by atoms with Crippen LogP contribution in [0.1, 0.15) is 30.9 Å². The van der Waals surface area contributed by atoms with Crippen LogP contribution in [-0.4, -0.2) is 5.91 Å². The normalized spacial score (nSPS) is 11.1. The van der Waals surface area contributed by atoms with Crippen molar-refractivity contribution in [2.75, 3.05) is 5.32 Å². The monoisotopic (exact) mass is 290 g/mol. The van der Waals surface area contributed by atoms with Gasteiger partial charge in [-0.2, -0.15) is 5.26 Å². The van der Waals surface area contributed by atoms with E-state index in [0.29, 0.717) is 5.92 Å². The van der Waals surface area contributed by atoms with Crippen molar-refractivity contribution < 1.29 is 4.79 Å². The van der Waals surface area contributed by atoms with Crippen molar-refractivity contribution in [3.8, 4) is 6.07 Å². The summed E-state index contributed by atoms with van der Waals surface area (Å²) in [6.07, 6.45) is 1.59. The molecule has 1 amide bonds. The second-order valence-corrected chi connectivity index (χ2v) is 5.28. The van der Waals surface area contributed by atoms with E-state index in [1.54, 1.807) is 6.08 Å². The van der Waals surface area contributed by atoms with E-state index in [9.17, 15) is 10.1 Å². The predicted molar refractivity (Wildman–Crippen MR) is 89.2 cm³/mol. The summed E-state index contributed by atoms with van der Waals surface area (Å²) in [5, 5.41) is 12.1. The van der Waals surface area contributed by atoms with E-state index in [-0.39, 0.29) is 11.5 Å². The van der Waals surface area contributed by atoms with Gasteiger partial charge < -0.3 is 5.32 Å². The second kappa shape index (κ2) is 7.24. The molecule has 0 radical (unpaired) electrons. The number of nitrogens with one attached hydrogen (secondary N) is 1. The number of amides is 1. The lowest BCUT2D eigenvalue weighted by atomic mass is 10.0. The highest BCUT2D eigenvalue weighted by molar-refractivity contribution is 6.10. The molecule has 0 aromatic heterocycles. The van der Waals surface area contributed by atoms with Crippen LogP contribution in [0.25, 0.3) is 6.08 Å². The van der Waals surface area contributed by atoms with Gasteiger partial charge in [-0.3, -0.25) is 4.79 Å². The molecule has 0 saturated carbocycles. The first-order valence-electron chi connectivity index (χ1n) is 7.19. The number of rotatable bonds is 4. The Labute approximate surface area is 130 Å². The lowest BCUT2D eigenvalue weighted by Crippen LogP contribution is -2.15. The molecule has 0 atom stereocenters. The van der Waals surface area contributed by atoms with Gasteiger partial charge in [0.1, 0.15) is 11.6 Å². The van der Waals surface area contributed by atoms with Gasteiger partial charge in [-0.15, -0.1) is 0 Å². The molecule has 1 N–H and O–H groups in total. The van der Waals surface area contributed by atoms with Gasteiger partial charge in [-0.25, -0.2) is 0 Å². The first-order valence-corrected chi connectivity index (χ1v) is 7.19. The summed E-state index contributed by atoms with van der Waals surface area (Å²) in [6, 6.07) is 18.9. The lowest BCUT2D eigenvalue weighted by molar-refractivity contribution is -0.112. The second-order valence-electron chi connectivity index (χ2n) is 5.28. The number of carbonyl (C=O) groups excluding carboxylic acids is 1. The van der Waals surface area contributed by atoms with Crippen molar-refractivity contribution in [3.05, 3.63) is 71.3 Å². The quantitative estimate of drug-likeness (QED) is 0.672. The van der Waals surface area contributed by atoms with Crippen LogP contribution in [0.4, 0.5) is 5.69 Å². The molecule has 0 aliphatic carbocycles. The third-order valence-electron chi connectivity index (χ3n) is 3.31. The summed E-state index contributed by atoms with van der Waals surface area (Å²) in [6.45, 7) is 4.13.